The first-order valence-corrected chi connectivity index (χ1v) is 2.84. The average Bonchev–Trinajstić information content (AvgIpc) is 2.37. The lowest BCUT2D eigenvalue weighted by atomic mass is 10.1. The summed E-state index contributed by atoms with van der Waals surface area (Å²) in [7, 11) is 0. The van der Waals surface area contributed by atoms with E-state index in [-0.39, 0.29) is 5.92 Å². The SMILES string of the molecule is C#CC(O)C1C=CC=C1. The minimum Gasteiger partial charge on any atom is -0.379 e. The summed E-state index contributed by atoms with van der Waals surface area (Å²) in [5, 5.41) is 9.02. The van der Waals surface area contributed by atoms with Gasteiger partial charge in [0.05, 0.1) is 0 Å². The van der Waals surface area contributed by atoms with Gasteiger partial charge in [0.2, 0.25) is 0 Å². The minimum atomic E-state index is -0.653. The number of rotatable bonds is 1. The van der Waals surface area contributed by atoms with E-state index in [1.807, 2.05) is 24.3 Å². The molecule has 1 unspecified atom stereocenters. The maximum Gasteiger partial charge on any atom is 0.124 e. The van der Waals surface area contributed by atoms with Gasteiger partial charge in [-0.25, -0.2) is 0 Å². The molecule has 0 radical (unpaired) electrons. The Balaban J connectivity index is 2.56. The molecule has 1 N–H and O–H groups in total. The van der Waals surface area contributed by atoms with Gasteiger partial charge in [0.1, 0.15) is 6.10 Å². The Hall–Kier alpha value is -1.00. The Kier molecular flexibility index (Phi) is 1.72. The first-order chi connectivity index (χ1) is 4.34. The van der Waals surface area contributed by atoms with Crippen molar-refractivity contribution in [3.8, 4) is 12.3 Å². The van der Waals surface area contributed by atoms with Crippen LogP contribution in [0.25, 0.3) is 0 Å². The predicted molar refractivity (Wildman–Crippen MR) is 36.6 cm³/mol. The van der Waals surface area contributed by atoms with Crippen molar-refractivity contribution < 1.29 is 5.11 Å². The molecule has 9 heavy (non-hydrogen) atoms. The number of hydrogen-bond acceptors (Lipinski definition) is 1. The van der Waals surface area contributed by atoms with Crippen molar-refractivity contribution in [2.24, 2.45) is 5.92 Å². The number of hydrogen-bond donors (Lipinski definition) is 1. The molecule has 0 fully saturated rings. The molecule has 0 aliphatic heterocycles. The second kappa shape index (κ2) is 2.52. The van der Waals surface area contributed by atoms with E-state index < -0.39 is 6.10 Å². The molecule has 0 saturated carbocycles. The van der Waals surface area contributed by atoms with Crippen molar-refractivity contribution >= 4 is 0 Å². The fraction of sp³-hybridized carbons (Fsp3) is 0.250. The standard InChI is InChI=1S/C8H8O/c1-2-8(9)7-5-3-4-6-7/h1,3-9H. The third-order valence-corrected chi connectivity index (χ3v) is 1.31. The quantitative estimate of drug-likeness (QED) is 0.505. The third-order valence-electron chi connectivity index (χ3n) is 1.31. The molecule has 1 nitrogen and oxygen atoms in total. The molecule has 0 saturated heterocycles. The second-order valence-corrected chi connectivity index (χ2v) is 1.96. The Morgan fingerprint density at radius 3 is 2.44 bits per heavy atom. The Morgan fingerprint density at radius 2 is 2.00 bits per heavy atom. The van der Waals surface area contributed by atoms with Gasteiger partial charge < -0.3 is 5.11 Å². The highest BCUT2D eigenvalue weighted by Gasteiger charge is 2.11. The lowest BCUT2D eigenvalue weighted by Gasteiger charge is -2.05. The van der Waals surface area contributed by atoms with Crippen LogP contribution >= 0.6 is 0 Å². The van der Waals surface area contributed by atoms with Gasteiger partial charge >= 0.3 is 0 Å². The van der Waals surface area contributed by atoms with Gasteiger partial charge in [-0.15, -0.1) is 6.42 Å². The van der Waals surface area contributed by atoms with Crippen molar-refractivity contribution in [1.29, 1.82) is 0 Å². The third kappa shape index (κ3) is 1.22. The molecule has 46 valence electrons. The lowest BCUT2D eigenvalue weighted by Crippen LogP contribution is -2.11. The monoisotopic (exact) mass is 120 g/mol. The van der Waals surface area contributed by atoms with Crippen molar-refractivity contribution in [3.05, 3.63) is 24.3 Å². The largest absolute Gasteiger partial charge is 0.379 e. The van der Waals surface area contributed by atoms with Gasteiger partial charge in [-0.1, -0.05) is 30.2 Å². The fourth-order valence-corrected chi connectivity index (χ4v) is 0.771. The smallest absolute Gasteiger partial charge is 0.124 e. The van der Waals surface area contributed by atoms with Crippen LogP contribution < -0.4 is 0 Å². The molecule has 0 heterocycles. The van der Waals surface area contributed by atoms with Gasteiger partial charge in [0.25, 0.3) is 0 Å². The van der Waals surface area contributed by atoms with Crippen LogP contribution in [0.15, 0.2) is 24.3 Å². The van der Waals surface area contributed by atoms with E-state index >= 15 is 0 Å². The number of allylic oxidation sites excluding steroid dienone is 2. The van der Waals surface area contributed by atoms with Crippen LogP contribution in [-0.2, 0) is 0 Å². The van der Waals surface area contributed by atoms with Gasteiger partial charge in [-0.3, -0.25) is 0 Å². The Labute approximate surface area is 54.7 Å². The molecular weight excluding hydrogens is 112 g/mol. The molecule has 0 spiro atoms. The highest BCUT2D eigenvalue weighted by atomic mass is 16.3. The van der Waals surface area contributed by atoms with Crippen LogP contribution in [-0.4, -0.2) is 11.2 Å². The van der Waals surface area contributed by atoms with E-state index in [1.165, 1.54) is 0 Å². The maximum absolute atomic E-state index is 9.02. The highest BCUT2D eigenvalue weighted by Crippen LogP contribution is 2.12. The van der Waals surface area contributed by atoms with Crippen LogP contribution in [0.5, 0.6) is 0 Å². The molecule has 0 bridgehead atoms. The molecule has 0 aromatic rings. The summed E-state index contributed by atoms with van der Waals surface area (Å²) < 4.78 is 0. The first kappa shape index (κ1) is 6.12. The van der Waals surface area contributed by atoms with Crippen LogP contribution in [0.3, 0.4) is 0 Å². The Bertz CT molecular complexity index is 171. The van der Waals surface area contributed by atoms with E-state index in [9.17, 15) is 0 Å². The van der Waals surface area contributed by atoms with Crippen molar-refractivity contribution in [2.75, 3.05) is 0 Å². The normalized spacial score (nSPS) is 20.0. The maximum atomic E-state index is 9.02. The highest BCUT2D eigenvalue weighted by molar-refractivity contribution is 5.22. The van der Waals surface area contributed by atoms with Crippen molar-refractivity contribution in [1.82, 2.24) is 0 Å². The Morgan fingerprint density at radius 1 is 1.44 bits per heavy atom. The van der Waals surface area contributed by atoms with Gasteiger partial charge in [0.15, 0.2) is 0 Å². The summed E-state index contributed by atoms with van der Waals surface area (Å²) in [4.78, 5) is 0. The molecule has 0 aromatic carbocycles. The lowest BCUT2D eigenvalue weighted by molar-refractivity contribution is 0.207. The van der Waals surface area contributed by atoms with Crippen LogP contribution in [0.1, 0.15) is 0 Å². The molecule has 1 rings (SSSR count). The van der Waals surface area contributed by atoms with E-state index in [2.05, 4.69) is 5.92 Å². The van der Waals surface area contributed by atoms with Crippen LogP contribution in [0, 0.1) is 18.3 Å². The van der Waals surface area contributed by atoms with E-state index in [0.717, 1.165) is 0 Å². The van der Waals surface area contributed by atoms with E-state index in [0.29, 0.717) is 0 Å². The van der Waals surface area contributed by atoms with Crippen molar-refractivity contribution in [2.45, 2.75) is 6.10 Å². The van der Waals surface area contributed by atoms with Crippen LogP contribution in [0.4, 0.5) is 0 Å². The molecular formula is C8H8O. The summed E-state index contributed by atoms with van der Waals surface area (Å²) in [6.45, 7) is 0. The van der Waals surface area contributed by atoms with E-state index in [1.54, 1.807) is 0 Å². The zero-order valence-corrected chi connectivity index (χ0v) is 4.99. The van der Waals surface area contributed by atoms with Gasteiger partial charge in [-0.2, -0.15) is 0 Å². The summed E-state index contributed by atoms with van der Waals surface area (Å²) in [6.07, 6.45) is 11.9. The molecule has 1 aliphatic carbocycles. The molecule has 1 atom stereocenters. The van der Waals surface area contributed by atoms with E-state index in [4.69, 9.17) is 11.5 Å². The second-order valence-electron chi connectivity index (χ2n) is 1.96. The molecule has 1 aliphatic rings. The van der Waals surface area contributed by atoms with Crippen LogP contribution in [0.2, 0.25) is 0 Å². The summed E-state index contributed by atoms with van der Waals surface area (Å²) in [6, 6.07) is 0. The molecule has 1 heteroatoms. The van der Waals surface area contributed by atoms with Crippen molar-refractivity contribution in [3.63, 3.8) is 0 Å². The van der Waals surface area contributed by atoms with Gasteiger partial charge in [-0.05, 0) is 0 Å². The number of aliphatic hydroxyl groups is 1. The zero-order valence-electron chi connectivity index (χ0n) is 4.99. The topological polar surface area (TPSA) is 20.2 Å². The first-order valence-electron chi connectivity index (χ1n) is 2.84. The summed E-state index contributed by atoms with van der Waals surface area (Å²) in [5.41, 5.74) is 0. The summed E-state index contributed by atoms with van der Waals surface area (Å²) >= 11 is 0. The predicted octanol–water partition coefficient (Wildman–Crippen LogP) is 0.723. The molecule has 0 amide bonds. The minimum absolute atomic E-state index is 0.0370. The zero-order chi connectivity index (χ0) is 6.69. The molecule has 0 aromatic heterocycles. The fourth-order valence-electron chi connectivity index (χ4n) is 0.771. The average molecular weight is 120 g/mol. The summed E-state index contributed by atoms with van der Waals surface area (Å²) in [5.74, 6) is 2.30. The number of terminal acetylenes is 1. The number of aliphatic hydroxyl groups excluding tert-OH is 1. The van der Waals surface area contributed by atoms with Gasteiger partial charge in [0, 0.05) is 5.92 Å².